The molecule has 0 atom stereocenters. The van der Waals surface area contributed by atoms with Gasteiger partial charge in [-0.2, -0.15) is 0 Å². The summed E-state index contributed by atoms with van der Waals surface area (Å²) < 4.78 is 0. The van der Waals surface area contributed by atoms with Crippen molar-refractivity contribution >= 4 is 24.8 Å². The summed E-state index contributed by atoms with van der Waals surface area (Å²) in [4.78, 5) is 0. The van der Waals surface area contributed by atoms with E-state index in [2.05, 4.69) is 24.4 Å². The Morgan fingerprint density at radius 1 is 1.44 bits per heavy atom. The molecule has 0 fully saturated rings. The van der Waals surface area contributed by atoms with Gasteiger partial charge < -0.3 is 5.32 Å². The third kappa shape index (κ3) is 4.37. The van der Waals surface area contributed by atoms with Crippen LogP contribution in [0.5, 0.6) is 0 Å². The molecule has 0 radical (unpaired) electrons. The van der Waals surface area contributed by atoms with E-state index in [9.17, 15) is 0 Å². The van der Waals surface area contributed by atoms with E-state index < -0.39 is 0 Å². The van der Waals surface area contributed by atoms with Crippen molar-refractivity contribution in [2.24, 2.45) is 0 Å². The Morgan fingerprint density at radius 2 is 2.11 bits per heavy atom. The highest BCUT2D eigenvalue weighted by Gasteiger charge is 1.84. The van der Waals surface area contributed by atoms with Gasteiger partial charge in [0.15, 0.2) is 0 Å². The van der Waals surface area contributed by atoms with Gasteiger partial charge in [-0.1, -0.05) is 11.6 Å². The molecule has 1 N–H and O–H groups in total. The summed E-state index contributed by atoms with van der Waals surface area (Å²) in [6, 6.07) is 0. The highest BCUT2D eigenvalue weighted by molar-refractivity contribution is 5.85. The third-order valence-corrected chi connectivity index (χ3v) is 1.01. The quantitative estimate of drug-likeness (QED) is 0.582. The monoisotopic (exact) mass is 167 g/mol. The van der Waals surface area contributed by atoms with Crippen molar-refractivity contribution in [2.45, 2.75) is 6.92 Å². The third-order valence-electron chi connectivity index (χ3n) is 1.01. The molecule has 0 aromatic carbocycles. The minimum atomic E-state index is 0. The summed E-state index contributed by atoms with van der Waals surface area (Å²) >= 11 is 0. The molecule has 0 unspecified atom stereocenters. The molecule has 0 saturated carbocycles. The largest absolute Gasteiger partial charge is 0.387 e. The van der Waals surface area contributed by atoms with E-state index in [1.165, 1.54) is 5.57 Å². The van der Waals surface area contributed by atoms with Gasteiger partial charge in [-0.3, -0.25) is 0 Å². The molecule has 1 aliphatic heterocycles. The highest BCUT2D eigenvalue weighted by atomic mass is 35.5. The molecule has 1 aliphatic rings. The maximum atomic E-state index is 3.06. The molecule has 0 aromatic rings. The minimum absolute atomic E-state index is 0. The van der Waals surface area contributed by atoms with Gasteiger partial charge in [0.05, 0.1) is 0 Å². The van der Waals surface area contributed by atoms with Crippen LogP contribution < -0.4 is 5.32 Å². The zero-order valence-corrected chi connectivity index (χ0v) is 6.89. The van der Waals surface area contributed by atoms with E-state index in [0.717, 1.165) is 6.54 Å². The maximum absolute atomic E-state index is 3.06. The van der Waals surface area contributed by atoms with Crippen LogP contribution in [0, 0.1) is 0 Å². The molecule has 1 rings (SSSR count). The van der Waals surface area contributed by atoms with Crippen LogP contribution in [0.3, 0.4) is 0 Å². The summed E-state index contributed by atoms with van der Waals surface area (Å²) in [5.74, 6) is 0. The molecule has 1 nitrogen and oxygen atoms in total. The molecule has 9 heavy (non-hydrogen) atoms. The molecule has 3 heteroatoms. The van der Waals surface area contributed by atoms with Gasteiger partial charge >= 0.3 is 0 Å². The van der Waals surface area contributed by atoms with Gasteiger partial charge in [0, 0.05) is 6.54 Å². The summed E-state index contributed by atoms with van der Waals surface area (Å²) in [5, 5.41) is 3.06. The Bertz CT molecular complexity index is 118. The fourth-order valence-corrected chi connectivity index (χ4v) is 0.546. The number of hydrogen-bond acceptors (Lipinski definition) is 1. The van der Waals surface area contributed by atoms with Crippen molar-refractivity contribution in [1.29, 1.82) is 0 Å². The summed E-state index contributed by atoms with van der Waals surface area (Å²) in [5.41, 5.74) is 1.35. The van der Waals surface area contributed by atoms with Crippen LogP contribution in [0.25, 0.3) is 0 Å². The highest BCUT2D eigenvalue weighted by Crippen LogP contribution is 1.95. The van der Waals surface area contributed by atoms with E-state index in [-0.39, 0.29) is 24.8 Å². The maximum Gasteiger partial charge on any atom is 0.0330 e. The SMILES string of the molecule is CC1=CCNC=C1.Cl.Cl. The first kappa shape index (κ1) is 11.6. The van der Waals surface area contributed by atoms with Crippen molar-refractivity contribution < 1.29 is 0 Å². The van der Waals surface area contributed by atoms with E-state index in [4.69, 9.17) is 0 Å². The minimum Gasteiger partial charge on any atom is -0.387 e. The Labute approximate surface area is 68.0 Å². The number of hydrogen-bond donors (Lipinski definition) is 1. The van der Waals surface area contributed by atoms with E-state index in [1.807, 2.05) is 6.20 Å². The van der Waals surface area contributed by atoms with Crippen molar-refractivity contribution in [1.82, 2.24) is 5.32 Å². The Kier molecular flexibility index (Phi) is 7.74. The lowest BCUT2D eigenvalue weighted by atomic mass is 10.2. The fraction of sp³-hybridized carbons (Fsp3) is 0.333. The second-order valence-electron chi connectivity index (χ2n) is 1.69. The predicted octanol–water partition coefficient (Wildman–Crippen LogP) is 1.89. The normalized spacial score (nSPS) is 14.1. The van der Waals surface area contributed by atoms with Gasteiger partial charge in [0.1, 0.15) is 0 Å². The Balaban J connectivity index is 0. The van der Waals surface area contributed by atoms with E-state index in [1.54, 1.807) is 0 Å². The average Bonchev–Trinajstić information content (AvgIpc) is 1.69. The van der Waals surface area contributed by atoms with Gasteiger partial charge in [-0.15, -0.1) is 24.8 Å². The number of allylic oxidation sites excluding steroid dienone is 2. The molecule has 1 heterocycles. The van der Waals surface area contributed by atoms with Crippen molar-refractivity contribution in [3.63, 3.8) is 0 Å². The summed E-state index contributed by atoms with van der Waals surface area (Å²) in [6.45, 7) is 3.08. The molecular weight excluding hydrogens is 157 g/mol. The van der Waals surface area contributed by atoms with Gasteiger partial charge in [0.2, 0.25) is 0 Å². The topological polar surface area (TPSA) is 12.0 Å². The number of dihydropyridines is 1. The van der Waals surface area contributed by atoms with Crippen LogP contribution in [0.1, 0.15) is 6.92 Å². The van der Waals surface area contributed by atoms with Crippen LogP contribution in [0.2, 0.25) is 0 Å². The smallest absolute Gasteiger partial charge is 0.0330 e. The Morgan fingerprint density at radius 3 is 2.33 bits per heavy atom. The molecule has 0 aliphatic carbocycles. The summed E-state index contributed by atoms with van der Waals surface area (Å²) in [6.07, 6.45) is 6.18. The zero-order chi connectivity index (χ0) is 5.11. The van der Waals surface area contributed by atoms with E-state index in [0.29, 0.717) is 0 Å². The molecule has 0 aromatic heterocycles. The standard InChI is InChI=1S/C6H9N.2ClH/c1-6-2-4-7-5-3-6;;/h2-4,7H,5H2,1H3;2*1H. The van der Waals surface area contributed by atoms with Crippen molar-refractivity contribution in [3.05, 3.63) is 23.9 Å². The molecule has 0 amide bonds. The lowest BCUT2D eigenvalue weighted by Gasteiger charge is -2.00. The molecule has 0 bridgehead atoms. The lowest BCUT2D eigenvalue weighted by molar-refractivity contribution is 0.958. The second kappa shape index (κ2) is 5.99. The first-order valence-electron chi connectivity index (χ1n) is 2.46. The average molecular weight is 168 g/mol. The fourth-order valence-electron chi connectivity index (χ4n) is 0.546. The van der Waals surface area contributed by atoms with Crippen LogP contribution in [0.4, 0.5) is 0 Å². The number of halogens is 2. The van der Waals surface area contributed by atoms with Crippen LogP contribution in [-0.2, 0) is 0 Å². The molecule has 0 saturated heterocycles. The van der Waals surface area contributed by atoms with Gasteiger partial charge in [0.25, 0.3) is 0 Å². The zero-order valence-electron chi connectivity index (χ0n) is 5.26. The lowest BCUT2D eigenvalue weighted by Crippen LogP contribution is -2.07. The Hall–Kier alpha value is -0.140. The molecule has 0 spiro atoms. The van der Waals surface area contributed by atoms with Gasteiger partial charge in [-0.05, 0) is 19.2 Å². The first-order chi connectivity index (χ1) is 3.39. The number of nitrogens with one attached hydrogen (secondary N) is 1. The first-order valence-corrected chi connectivity index (χ1v) is 2.46. The van der Waals surface area contributed by atoms with Crippen molar-refractivity contribution in [2.75, 3.05) is 6.54 Å². The number of rotatable bonds is 0. The predicted molar refractivity (Wildman–Crippen MR) is 45.4 cm³/mol. The van der Waals surface area contributed by atoms with Gasteiger partial charge in [-0.25, -0.2) is 0 Å². The van der Waals surface area contributed by atoms with E-state index >= 15 is 0 Å². The second-order valence-corrected chi connectivity index (χ2v) is 1.69. The molecule has 54 valence electrons. The van der Waals surface area contributed by atoms with Crippen LogP contribution >= 0.6 is 24.8 Å². The van der Waals surface area contributed by atoms with Crippen LogP contribution in [-0.4, -0.2) is 6.54 Å². The summed E-state index contributed by atoms with van der Waals surface area (Å²) in [7, 11) is 0. The van der Waals surface area contributed by atoms with Crippen molar-refractivity contribution in [3.8, 4) is 0 Å². The molecular formula is C6H11Cl2N. The van der Waals surface area contributed by atoms with Crippen LogP contribution in [0.15, 0.2) is 23.9 Å².